The van der Waals surface area contributed by atoms with Crippen molar-refractivity contribution in [1.82, 2.24) is 9.88 Å². The van der Waals surface area contributed by atoms with Crippen molar-refractivity contribution in [3.05, 3.63) is 70.5 Å². The van der Waals surface area contributed by atoms with E-state index in [9.17, 15) is 4.79 Å². The lowest BCUT2D eigenvalue weighted by atomic mass is 10.0. The highest BCUT2D eigenvalue weighted by atomic mass is 79.9. The van der Waals surface area contributed by atoms with Gasteiger partial charge in [0.15, 0.2) is 0 Å². The Morgan fingerprint density at radius 1 is 1.22 bits per heavy atom. The second-order valence-corrected chi connectivity index (χ2v) is 6.24. The molecule has 0 saturated carbocycles. The normalized spacial score (nSPS) is 14.3. The van der Waals surface area contributed by atoms with Gasteiger partial charge in [-0.2, -0.15) is 0 Å². The standard InChI is InChI=1S/C18H17BrN2O2/c19-16-6-7-17(20-12-16)15-8-10-21(11-9-15)18(22)23-13-14-4-2-1-3-5-14/h1-8,12H,9-11,13H2. The maximum absolute atomic E-state index is 12.1. The van der Waals surface area contributed by atoms with Gasteiger partial charge < -0.3 is 9.64 Å². The first-order valence-corrected chi connectivity index (χ1v) is 8.28. The number of hydrogen-bond acceptors (Lipinski definition) is 3. The summed E-state index contributed by atoms with van der Waals surface area (Å²) in [6, 6.07) is 13.7. The van der Waals surface area contributed by atoms with Crippen molar-refractivity contribution in [1.29, 1.82) is 0 Å². The van der Waals surface area contributed by atoms with E-state index in [0.29, 0.717) is 19.7 Å². The molecule has 1 aromatic heterocycles. The van der Waals surface area contributed by atoms with Gasteiger partial charge in [-0.1, -0.05) is 36.4 Å². The molecule has 4 nitrogen and oxygen atoms in total. The molecule has 5 heteroatoms. The Bertz CT molecular complexity index is 699. The summed E-state index contributed by atoms with van der Waals surface area (Å²) in [6.45, 7) is 1.51. The zero-order valence-electron chi connectivity index (χ0n) is 12.6. The van der Waals surface area contributed by atoms with Gasteiger partial charge in [-0.15, -0.1) is 0 Å². The van der Waals surface area contributed by atoms with Gasteiger partial charge in [0, 0.05) is 23.8 Å². The quantitative estimate of drug-likeness (QED) is 0.807. The summed E-state index contributed by atoms with van der Waals surface area (Å²) in [6.07, 6.45) is 4.35. The number of aromatic nitrogens is 1. The van der Waals surface area contributed by atoms with Crippen molar-refractivity contribution in [2.45, 2.75) is 13.0 Å². The Labute approximate surface area is 143 Å². The van der Waals surface area contributed by atoms with E-state index >= 15 is 0 Å². The third kappa shape index (κ3) is 4.20. The molecule has 0 radical (unpaired) electrons. The molecule has 1 aliphatic rings. The molecule has 0 spiro atoms. The number of hydrogen-bond donors (Lipinski definition) is 0. The van der Waals surface area contributed by atoms with Crippen LogP contribution in [-0.4, -0.2) is 29.1 Å². The molecule has 0 atom stereocenters. The van der Waals surface area contributed by atoms with Crippen LogP contribution in [0, 0.1) is 0 Å². The van der Waals surface area contributed by atoms with E-state index < -0.39 is 0 Å². The minimum Gasteiger partial charge on any atom is -0.445 e. The SMILES string of the molecule is O=C(OCc1ccccc1)N1CC=C(c2ccc(Br)cn2)CC1. The molecule has 1 amide bonds. The molecule has 2 heterocycles. The van der Waals surface area contributed by atoms with E-state index in [2.05, 4.69) is 20.9 Å². The predicted molar refractivity (Wildman–Crippen MR) is 92.7 cm³/mol. The van der Waals surface area contributed by atoms with Gasteiger partial charge in [0.25, 0.3) is 0 Å². The highest BCUT2D eigenvalue weighted by molar-refractivity contribution is 9.10. The number of rotatable bonds is 3. The summed E-state index contributed by atoms with van der Waals surface area (Å²) in [7, 11) is 0. The topological polar surface area (TPSA) is 42.4 Å². The maximum atomic E-state index is 12.1. The Kier molecular flexibility index (Phi) is 5.08. The van der Waals surface area contributed by atoms with Crippen molar-refractivity contribution in [2.75, 3.05) is 13.1 Å². The average Bonchev–Trinajstić information content (AvgIpc) is 2.61. The molecule has 118 valence electrons. The van der Waals surface area contributed by atoms with Crippen molar-refractivity contribution < 1.29 is 9.53 Å². The first-order chi connectivity index (χ1) is 11.2. The molecule has 3 rings (SSSR count). The molecular weight excluding hydrogens is 356 g/mol. The van der Waals surface area contributed by atoms with Gasteiger partial charge in [-0.05, 0) is 45.6 Å². The van der Waals surface area contributed by atoms with Crippen LogP contribution in [0.5, 0.6) is 0 Å². The summed E-state index contributed by atoms with van der Waals surface area (Å²) in [4.78, 5) is 18.2. The number of halogens is 1. The molecule has 0 fully saturated rings. The number of carbonyl (C=O) groups excluding carboxylic acids is 1. The average molecular weight is 373 g/mol. The minimum absolute atomic E-state index is 0.270. The highest BCUT2D eigenvalue weighted by Crippen LogP contribution is 2.22. The Morgan fingerprint density at radius 2 is 2.04 bits per heavy atom. The van der Waals surface area contributed by atoms with E-state index in [4.69, 9.17) is 4.74 Å². The lowest BCUT2D eigenvalue weighted by molar-refractivity contribution is 0.0998. The number of benzene rings is 1. The summed E-state index contributed by atoms with van der Waals surface area (Å²) >= 11 is 3.38. The Hall–Kier alpha value is -2.14. The van der Waals surface area contributed by atoms with Crippen molar-refractivity contribution in [3.8, 4) is 0 Å². The van der Waals surface area contributed by atoms with Crippen LogP contribution in [0.4, 0.5) is 4.79 Å². The molecule has 0 bridgehead atoms. The van der Waals surface area contributed by atoms with Crippen LogP contribution in [0.3, 0.4) is 0 Å². The van der Waals surface area contributed by atoms with Crippen molar-refractivity contribution in [2.24, 2.45) is 0 Å². The van der Waals surface area contributed by atoms with Gasteiger partial charge in [-0.3, -0.25) is 4.98 Å². The predicted octanol–water partition coefficient (Wildman–Crippen LogP) is 4.27. The second kappa shape index (κ2) is 7.42. The maximum Gasteiger partial charge on any atom is 0.410 e. The molecule has 1 aliphatic heterocycles. The zero-order valence-corrected chi connectivity index (χ0v) is 14.2. The van der Waals surface area contributed by atoms with E-state index in [-0.39, 0.29) is 6.09 Å². The first kappa shape index (κ1) is 15.7. The van der Waals surface area contributed by atoms with Crippen molar-refractivity contribution >= 4 is 27.6 Å². The second-order valence-electron chi connectivity index (χ2n) is 5.33. The molecule has 0 N–H and O–H groups in total. The van der Waals surface area contributed by atoms with Crippen LogP contribution in [0.2, 0.25) is 0 Å². The Morgan fingerprint density at radius 3 is 2.70 bits per heavy atom. The fourth-order valence-electron chi connectivity index (χ4n) is 2.44. The summed E-state index contributed by atoms with van der Waals surface area (Å²) < 4.78 is 6.32. The molecule has 0 unspecified atom stereocenters. The molecule has 23 heavy (non-hydrogen) atoms. The molecule has 1 aromatic carbocycles. The monoisotopic (exact) mass is 372 g/mol. The lowest BCUT2D eigenvalue weighted by Gasteiger charge is -2.25. The fraction of sp³-hybridized carbons (Fsp3) is 0.222. The lowest BCUT2D eigenvalue weighted by Crippen LogP contribution is -2.35. The highest BCUT2D eigenvalue weighted by Gasteiger charge is 2.19. The van der Waals surface area contributed by atoms with Crippen LogP contribution in [0.15, 0.2) is 59.2 Å². The van der Waals surface area contributed by atoms with E-state index in [1.807, 2.05) is 48.5 Å². The van der Waals surface area contributed by atoms with Crippen LogP contribution in [0.1, 0.15) is 17.7 Å². The Balaban J connectivity index is 1.55. The smallest absolute Gasteiger partial charge is 0.410 e. The summed E-state index contributed by atoms with van der Waals surface area (Å²) in [5, 5.41) is 0. The number of amides is 1. The van der Waals surface area contributed by atoms with E-state index in [0.717, 1.165) is 22.2 Å². The molecule has 0 aliphatic carbocycles. The number of nitrogens with zero attached hydrogens (tertiary/aromatic N) is 2. The molecule has 2 aromatic rings. The van der Waals surface area contributed by atoms with Crippen LogP contribution in [0.25, 0.3) is 5.57 Å². The van der Waals surface area contributed by atoms with Crippen molar-refractivity contribution in [3.63, 3.8) is 0 Å². The zero-order chi connectivity index (χ0) is 16.1. The number of ether oxygens (including phenoxy) is 1. The minimum atomic E-state index is -0.270. The first-order valence-electron chi connectivity index (χ1n) is 7.49. The van der Waals surface area contributed by atoms with E-state index in [1.54, 1.807) is 11.1 Å². The third-order valence-electron chi connectivity index (χ3n) is 3.73. The van der Waals surface area contributed by atoms with E-state index in [1.165, 1.54) is 5.57 Å². The fourth-order valence-corrected chi connectivity index (χ4v) is 2.68. The van der Waals surface area contributed by atoms with Crippen LogP contribution < -0.4 is 0 Å². The summed E-state index contributed by atoms with van der Waals surface area (Å²) in [5.74, 6) is 0. The van der Waals surface area contributed by atoms with Gasteiger partial charge >= 0.3 is 6.09 Å². The van der Waals surface area contributed by atoms with Crippen LogP contribution >= 0.6 is 15.9 Å². The number of carbonyl (C=O) groups is 1. The van der Waals surface area contributed by atoms with Crippen LogP contribution in [-0.2, 0) is 11.3 Å². The largest absolute Gasteiger partial charge is 0.445 e. The molecular formula is C18H17BrN2O2. The number of pyridine rings is 1. The van der Waals surface area contributed by atoms with Gasteiger partial charge in [0.05, 0.1) is 5.69 Å². The third-order valence-corrected chi connectivity index (χ3v) is 4.20. The van der Waals surface area contributed by atoms with Gasteiger partial charge in [0.2, 0.25) is 0 Å². The molecule has 0 saturated heterocycles. The van der Waals surface area contributed by atoms with Gasteiger partial charge in [-0.25, -0.2) is 4.79 Å². The van der Waals surface area contributed by atoms with Gasteiger partial charge in [0.1, 0.15) is 6.61 Å². The summed E-state index contributed by atoms with van der Waals surface area (Å²) in [5.41, 5.74) is 3.13.